The SMILES string of the molecule is CCCCCCC(=O)C1CSCCN1. The number of nitrogens with one attached hydrogen (secondary N) is 1. The first-order valence-corrected chi connectivity index (χ1v) is 6.84. The molecule has 0 radical (unpaired) electrons. The van der Waals surface area contributed by atoms with E-state index >= 15 is 0 Å². The molecular weight excluding hydrogens is 194 g/mol. The van der Waals surface area contributed by atoms with E-state index in [1.165, 1.54) is 19.3 Å². The maximum atomic E-state index is 11.7. The van der Waals surface area contributed by atoms with Crippen molar-refractivity contribution in [1.29, 1.82) is 0 Å². The minimum absolute atomic E-state index is 0.148. The molecule has 0 aromatic rings. The first-order valence-electron chi connectivity index (χ1n) is 5.68. The largest absolute Gasteiger partial charge is 0.306 e. The molecule has 0 bridgehead atoms. The van der Waals surface area contributed by atoms with Crippen molar-refractivity contribution >= 4 is 17.5 Å². The molecule has 1 rings (SSSR count). The Labute approximate surface area is 91.2 Å². The van der Waals surface area contributed by atoms with Gasteiger partial charge in [-0.25, -0.2) is 0 Å². The van der Waals surface area contributed by atoms with Gasteiger partial charge < -0.3 is 5.32 Å². The predicted molar refractivity (Wildman–Crippen MR) is 62.9 cm³/mol. The van der Waals surface area contributed by atoms with Crippen molar-refractivity contribution in [2.45, 2.75) is 45.1 Å². The topological polar surface area (TPSA) is 29.1 Å². The molecule has 0 spiro atoms. The lowest BCUT2D eigenvalue weighted by Gasteiger charge is -2.21. The van der Waals surface area contributed by atoms with Crippen LogP contribution in [0.25, 0.3) is 0 Å². The highest BCUT2D eigenvalue weighted by molar-refractivity contribution is 7.99. The summed E-state index contributed by atoms with van der Waals surface area (Å²) in [7, 11) is 0. The van der Waals surface area contributed by atoms with Crippen molar-refractivity contribution in [1.82, 2.24) is 5.32 Å². The third-order valence-corrected chi connectivity index (χ3v) is 3.65. The van der Waals surface area contributed by atoms with Crippen LogP contribution in [0.15, 0.2) is 0 Å². The van der Waals surface area contributed by atoms with E-state index in [9.17, 15) is 4.79 Å². The van der Waals surface area contributed by atoms with Gasteiger partial charge >= 0.3 is 0 Å². The van der Waals surface area contributed by atoms with Crippen LogP contribution in [-0.2, 0) is 4.79 Å². The highest BCUT2D eigenvalue weighted by Gasteiger charge is 2.19. The van der Waals surface area contributed by atoms with Crippen LogP contribution >= 0.6 is 11.8 Å². The summed E-state index contributed by atoms with van der Waals surface area (Å²) in [6, 6.07) is 0.148. The van der Waals surface area contributed by atoms with E-state index in [0.717, 1.165) is 30.9 Å². The molecule has 1 aliphatic rings. The van der Waals surface area contributed by atoms with E-state index in [0.29, 0.717) is 5.78 Å². The first kappa shape index (κ1) is 12.1. The standard InChI is InChI=1S/C11H21NOS/c1-2-3-4-5-6-11(13)10-9-14-8-7-12-10/h10,12H,2-9H2,1H3. The molecule has 0 aromatic heterocycles. The highest BCUT2D eigenvalue weighted by atomic mass is 32.2. The van der Waals surface area contributed by atoms with Crippen LogP contribution < -0.4 is 5.32 Å². The zero-order chi connectivity index (χ0) is 10.2. The molecule has 14 heavy (non-hydrogen) atoms. The Morgan fingerprint density at radius 3 is 2.93 bits per heavy atom. The lowest BCUT2D eigenvalue weighted by atomic mass is 10.1. The molecule has 82 valence electrons. The van der Waals surface area contributed by atoms with Crippen molar-refractivity contribution in [3.05, 3.63) is 0 Å². The fourth-order valence-corrected chi connectivity index (χ4v) is 2.64. The number of carbonyl (C=O) groups excluding carboxylic acids is 1. The number of unbranched alkanes of at least 4 members (excludes halogenated alkanes) is 3. The van der Waals surface area contributed by atoms with Crippen LogP contribution in [-0.4, -0.2) is 29.9 Å². The molecule has 1 heterocycles. The Morgan fingerprint density at radius 1 is 1.43 bits per heavy atom. The summed E-state index contributed by atoms with van der Waals surface area (Å²) >= 11 is 1.89. The van der Waals surface area contributed by atoms with E-state index in [1.54, 1.807) is 0 Å². The summed E-state index contributed by atoms with van der Waals surface area (Å²) in [5.41, 5.74) is 0. The average Bonchev–Trinajstić information content (AvgIpc) is 2.25. The molecule has 0 amide bonds. The third kappa shape index (κ3) is 4.47. The minimum Gasteiger partial charge on any atom is -0.306 e. The van der Waals surface area contributed by atoms with Crippen LogP contribution in [0.2, 0.25) is 0 Å². The van der Waals surface area contributed by atoms with Crippen LogP contribution in [0.5, 0.6) is 0 Å². The molecule has 3 heteroatoms. The van der Waals surface area contributed by atoms with E-state index < -0.39 is 0 Å². The van der Waals surface area contributed by atoms with Crippen molar-refractivity contribution in [2.75, 3.05) is 18.1 Å². The van der Waals surface area contributed by atoms with Crippen LogP contribution in [0.4, 0.5) is 0 Å². The van der Waals surface area contributed by atoms with Crippen LogP contribution in [0, 0.1) is 0 Å². The van der Waals surface area contributed by atoms with Crippen molar-refractivity contribution in [2.24, 2.45) is 0 Å². The van der Waals surface area contributed by atoms with Gasteiger partial charge in [-0.3, -0.25) is 4.79 Å². The molecule has 0 saturated carbocycles. The predicted octanol–water partition coefficient (Wildman–Crippen LogP) is 2.23. The number of thioether (sulfide) groups is 1. The van der Waals surface area contributed by atoms with Gasteiger partial charge in [0.25, 0.3) is 0 Å². The normalized spacial score (nSPS) is 22.2. The summed E-state index contributed by atoms with van der Waals surface area (Å²) in [5.74, 6) is 2.56. The number of Topliss-reactive ketones (excluding diaryl/α,β-unsaturated/α-hetero) is 1. The van der Waals surface area contributed by atoms with Gasteiger partial charge in [0.2, 0.25) is 0 Å². The first-order chi connectivity index (χ1) is 6.84. The Kier molecular flexibility index (Phi) is 6.28. The number of rotatable bonds is 6. The van der Waals surface area contributed by atoms with Crippen LogP contribution in [0.3, 0.4) is 0 Å². The fourth-order valence-electron chi connectivity index (χ4n) is 1.67. The summed E-state index contributed by atoms with van der Waals surface area (Å²) in [6.45, 7) is 3.19. The molecule has 1 unspecified atom stereocenters. The molecular formula is C11H21NOS. The second-order valence-corrected chi connectivity index (χ2v) is 5.01. The summed E-state index contributed by atoms with van der Waals surface area (Å²) in [6.07, 6.45) is 5.57. The maximum Gasteiger partial charge on any atom is 0.150 e. The molecule has 1 saturated heterocycles. The zero-order valence-corrected chi connectivity index (χ0v) is 9.87. The van der Waals surface area contributed by atoms with E-state index in [4.69, 9.17) is 0 Å². The lowest BCUT2D eigenvalue weighted by molar-refractivity contribution is -0.120. The number of ketones is 1. The van der Waals surface area contributed by atoms with Gasteiger partial charge in [-0.2, -0.15) is 11.8 Å². The third-order valence-electron chi connectivity index (χ3n) is 2.59. The summed E-state index contributed by atoms with van der Waals surface area (Å²) in [5, 5.41) is 3.29. The van der Waals surface area contributed by atoms with Gasteiger partial charge in [0, 0.05) is 24.5 Å². The van der Waals surface area contributed by atoms with Crippen molar-refractivity contribution in [3.63, 3.8) is 0 Å². The van der Waals surface area contributed by atoms with Crippen LogP contribution in [0.1, 0.15) is 39.0 Å². The number of hydrogen-bond donors (Lipinski definition) is 1. The zero-order valence-electron chi connectivity index (χ0n) is 9.05. The lowest BCUT2D eigenvalue weighted by Crippen LogP contribution is -2.43. The number of carbonyl (C=O) groups is 1. The second-order valence-electron chi connectivity index (χ2n) is 3.86. The fraction of sp³-hybridized carbons (Fsp3) is 0.909. The van der Waals surface area contributed by atoms with Crippen molar-refractivity contribution < 1.29 is 4.79 Å². The Hall–Kier alpha value is -0.0200. The molecule has 0 aliphatic carbocycles. The maximum absolute atomic E-state index is 11.7. The Bertz CT molecular complexity index is 167. The van der Waals surface area contributed by atoms with Gasteiger partial charge in [0.05, 0.1) is 6.04 Å². The molecule has 1 aliphatic heterocycles. The highest BCUT2D eigenvalue weighted by Crippen LogP contribution is 2.11. The second kappa shape index (κ2) is 7.30. The quantitative estimate of drug-likeness (QED) is 0.689. The van der Waals surface area contributed by atoms with Crippen molar-refractivity contribution in [3.8, 4) is 0 Å². The number of hydrogen-bond acceptors (Lipinski definition) is 3. The Balaban J connectivity index is 2.07. The average molecular weight is 215 g/mol. The van der Waals surface area contributed by atoms with Gasteiger partial charge in [-0.1, -0.05) is 26.2 Å². The Morgan fingerprint density at radius 2 is 2.29 bits per heavy atom. The summed E-state index contributed by atoms with van der Waals surface area (Å²) in [4.78, 5) is 11.7. The van der Waals surface area contributed by atoms with Gasteiger partial charge in [-0.15, -0.1) is 0 Å². The van der Waals surface area contributed by atoms with E-state index in [2.05, 4.69) is 12.2 Å². The molecule has 2 nitrogen and oxygen atoms in total. The minimum atomic E-state index is 0.148. The van der Waals surface area contributed by atoms with Gasteiger partial charge in [0.1, 0.15) is 0 Å². The van der Waals surface area contributed by atoms with Gasteiger partial charge in [-0.05, 0) is 6.42 Å². The van der Waals surface area contributed by atoms with Gasteiger partial charge in [0.15, 0.2) is 5.78 Å². The molecule has 0 aromatic carbocycles. The van der Waals surface area contributed by atoms with E-state index in [-0.39, 0.29) is 6.04 Å². The molecule has 1 atom stereocenters. The summed E-state index contributed by atoms with van der Waals surface area (Å²) < 4.78 is 0. The monoisotopic (exact) mass is 215 g/mol. The van der Waals surface area contributed by atoms with E-state index in [1.807, 2.05) is 11.8 Å². The molecule has 1 fully saturated rings. The molecule has 1 N–H and O–H groups in total. The smallest absolute Gasteiger partial charge is 0.150 e.